The van der Waals surface area contributed by atoms with Crippen LogP contribution in [0.15, 0.2) is 10.5 Å². The summed E-state index contributed by atoms with van der Waals surface area (Å²) in [7, 11) is 3.21. The lowest BCUT2D eigenvalue weighted by Crippen LogP contribution is -2.18. The Labute approximate surface area is 102 Å². The van der Waals surface area contributed by atoms with Gasteiger partial charge in [-0.15, -0.1) is 0 Å². The lowest BCUT2D eigenvalue weighted by molar-refractivity contribution is -0.386. The van der Waals surface area contributed by atoms with E-state index in [1.54, 1.807) is 0 Å². The molecule has 0 aliphatic heterocycles. The normalized spacial score (nSPS) is 10.0. The molecule has 0 spiro atoms. The molecule has 0 amide bonds. The lowest BCUT2D eigenvalue weighted by Gasteiger charge is -2.17. The molecule has 16 heavy (non-hydrogen) atoms. The van der Waals surface area contributed by atoms with E-state index in [2.05, 4.69) is 20.9 Å². The van der Waals surface area contributed by atoms with Crippen molar-refractivity contribution in [1.29, 1.82) is 0 Å². The van der Waals surface area contributed by atoms with Gasteiger partial charge in [0, 0.05) is 19.7 Å². The summed E-state index contributed by atoms with van der Waals surface area (Å²) in [5.74, 6) is 0.633. The maximum absolute atomic E-state index is 10.7. The van der Waals surface area contributed by atoms with Crippen LogP contribution in [0.1, 0.15) is 6.92 Å². The summed E-state index contributed by atoms with van der Waals surface area (Å²) in [5.41, 5.74) is -0.150. The van der Waals surface area contributed by atoms with Crippen LogP contribution < -0.4 is 9.64 Å². The van der Waals surface area contributed by atoms with Gasteiger partial charge in [0.15, 0.2) is 0 Å². The van der Waals surface area contributed by atoms with Crippen molar-refractivity contribution in [3.8, 4) is 5.88 Å². The van der Waals surface area contributed by atoms with Gasteiger partial charge < -0.3 is 9.64 Å². The Balaban J connectivity index is 3.31. The number of hydrogen-bond donors (Lipinski definition) is 0. The third kappa shape index (κ3) is 2.41. The smallest absolute Gasteiger partial charge is 0.332 e. The Morgan fingerprint density at radius 3 is 2.75 bits per heavy atom. The minimum absolute atomic E-state index is 0.0171. The minimum atomic E-state index is -0.522. The Hall–Kier alpha value is -1.37. The Morgan fingerprint density at radius 2 is 2.31 bits per heavy atom. The Kier molecular flexibility index (Phi) is 4.05. The first-order valence-electron chi connectivity index (χ1n) is 4.61. The minimum Gasteiger partial charge on any atom is -0.476 e. The summed E-state index contributed by atoms with van der Waals surface area (Å²) in [4.78, 5) is 16.2. The average Bonchev–Trinajstić information content (AvgIpc) is 2.27. The SMILES string of the molecule is CCN(C)c1nc(OC)c([N+](=O)[O-])cc1Br. The van der Waals surface area contributed by atoms with Crippen LogP contribution in [0.3, 0.4) is 0 Å². The van der Waals surface area contributed by atoms with Crippen molar-refractivity contribution in [2.45, 2.75) is 6.92 Å². The van der Waals surface area contributed by atoms with Crippen molar-refractivity contribution in [3.05, 3.63) is 20.7 Å². The number of nitro groups is 1. The second-order valence-corrected chi connectivity index (χ2v) is 3.95. The Bertz CT molecular complexity index is 411. The third-order valence-electron chi connectivity index (χ3n) is 2.13. The fourth-order valence-electron chi connectivity index (χ4n) is 1.15. The summed E-state index contributed by atoms with van der Waals surface area (Å²) >= 11 is 3.26. The Morgan fingerprint density at radius 1 is 1.69 bits per heavy atom. The summed E-state index contributed by atoms with van der Waals surface area (Å²) in [5, 5.41) is 10.7. The maximum atomic E-state index is 10.7. The molecule has 0 saturated carbocycles. The van der Waals surface area contributed by atoms with E-state index in [4.69, 9.17) is 4.74 Å². The number of ether oxygens (including phenoxy) is 1. The molecule has 0 unspecified atom stereocenters. The van der Waals surface area contributed by atoms with E-state index in [0.717, 1.165) is 6.54 Å². The molecule has 0 aliphatic rings. The number of pyridine rings is 1. The number of rotatable bonds is 4. The molecule has 1 rings (SSSR count). The van der Waals surface area contributed by atoms with E-state index in [1.165, 1.54) is 13.2 Å². The number of nitrogens with zero attached hydrogens (tertiary/aromatic N) is 3. The zero-order chi connectivity index (χ0) is 12.3. The zero-order valence-electron chi connectivity index (χ0n) is 9.23. The molecule has 1 aromatic rings. The molecule has 0 bridgehead atoms. The molecule has 0 fully saturated rings. The number of hydrogen-bond acceptors (Lipinski definition) is 5. The first-order chi connectivity index (χ1) is 7.51. The number of anilines is 1. The van der Waals surface area contributed by atoms with Crippen LogP contribution >= 0.6 is 15.9 Å². The van der Waals surface area contributed by atoms with E-state index >= 15 is 0 Å². The monoisotopic (exact) mass is 289 g/mol. The molecule has 7 heteroatoms. The molecular formula is C9H12BrN3O3. The van der Waals surface area contributed by atoms with Crippen LogP contribution in [-0.2, 0) is 0 Å². The zero-order valence-corrected chi connectivity index (χ0v) is 10.8. The summed E-state index contributed by atoms with van der Waals surface area (Å²) in [6.45, 7) is 2.70. The van der Waals surface area contributed by atoms with Gasteiger partial charge in [0.05, 0.1) is 16.5 Å². The van der Waals surface area contributed by atoms with Gasteiger partial charge in [-0.1, -0.05) is 0 Å². The molecule has 88 valence electrons. The van der Waals surface area contributed by atoms with E-state index in [0.29, 0.717) is 10.3 Å². The van der Waals surface area contributed by atoms with Crippen LogP contribution in [-0.4, -0.2) is 30.6 Å². The predicted molar refractivity (Wildman–Crippen MR) is 64.1 cm³/mol. The highest BCUT2D eigenvalue weighted by atomic mass is 79.9. The largest absolute Gasteiger partial charge is 0.476 e. The number of halogens is 1. The average molecular weight is 290 g/mol. The maximum Gasteiger partial charge on any atom is 0.332 e. The van der Waals surface area contributed by atoms with Crippen LogP contribution in [0.4, 0.5) is 11.5 Å². The lowest BCUT2D eigenvalue weighted by atomic mass is 10.3. The highest BCUT2D eigenvalue weighted by Crippen LogP contribution is 2.33. The molecule has 0 aliphatic carbocycles. The van der Waals surface area contributed by atoms with Crippen LogP contribution in [0.5, 0.6) is 5.88 Å². The highest BCUT2D eigenvalue weighted by Gasteiger charge is 2.21. The molecule has 0 N–H and O–H groups in total. The van der Waals surface area contributed by atoms with E-state index < -0.39 is 4.92 Å². The van der Waals surface area contributed by atoms with Gasteiger partial charge in [-0.25, -0.2) is 0 Å². The number of aromatic nitrogens is 1. The predicted octanol–water partition coefficient (Wildman–Crippen LogP) is 2.22. The second kappa shape index (κ2) is 5.11. The molecule has 0 saturated heterocycles. The molecular weight excluding hydrogens is 278 g/mol. The first kappa shape index (κ1) is 12.7. The molecule has 1 aromatic heterocycles. The van der Waals surface area contributed by atoms with E-state index in [1.807, 2.05) is 18.9 Å². The molecule has 6 nitrogen and oxygen atoms in total. The van der Waals surface area contributed by atoms with Crippen LogP contribution in [0, 0.1) is 10.1 Å². The summed E-state index contributed by atoms with van der Waals surface area (Å²) in [6, 6.07) is 1.40. The van der Waals surface area contributed by atoms with Gasteiger partial charge in [0.1, 0.15) is 5.82 Å². The topological polar surface area (TPSA) is 68.5 Å². The molecule has 0 aromatic carbocycles. The first-order valence-corrected chi connectivity index (χ1v) is 5.40. The standard InChI is InChI=1S/C9H12BrN3O3/c1-4-12(2)8-6(10)5-7(13(14)15)9(11-8)16-3/h5H,4H2,1-3H3. The molecule has 1 heterocycles. The van der Waals surface area contributed by atoms with E-state index in [-0.39, 0.29) is 11.6 Å². The quantitative estimate of drug-likeness (QED) is 0.628. The number of methoxy groups -OCH3 is 1. The fourth-order valence-corrected chi connectivity index (χ4v) is 1.76. The molecule has 0 radical (unpaired) electrons. The summed E-state index contributed by atoms with van der Waals surface area (Å²) < 4.78 is 5.47. The van der Waals surface area contributed by atoms with Crippen LogP contribution in [0.2, 0.25) is 0 Å². The molecule has 0 atom stereocenters. The van der Waals surface area contributed by atoms with Crippen LogP contribution in [0.25, 0.3) is 0 Å². The third-order valence-corrected chi connectivity index (χ3v) is 2.71. The second-order valence-electron chi connectivity index (χ2n) is 3.09. The van der Waals surface area contributed by atoms with Gasteiger partial charge >= 0.3 is 5.69 Å². The fraction of sp³-hybridized carbons (Fsp3) is 0.444. The highest BCUT2D eigenvalue weighted by molar-refractivity contribution is 9.10. The van der Waals surface area contributed by atoms with Crippen molar-refractivity contribution in [3.63, 3.8) is 0 Å². The van der Waals surface area contributed by atoms with Gasteiger partial charge in [0.2, 0.25) is 0 Å². The van der Waals surface area contributed by atoms with Crippen molar-refractivity contribution < 1.29 is 9.66 Å². The summed E-state index contributed by atoms with van der Waals surface area (Å²) in [6.07, 6.45) is 0. The van der Waals surface area contributed by atoms with Crippen molar-refractivity contribution in [2.24, 2.45) is 0 Å². The van der Waals surface area contributed by atoms with Gasteiger partial charge in [-0.05, 0) is 22.9 Å². The van der Waals surface area contributed by atoms with Gasteiger partial charge in [0.25, 0.3) is 5.88 Å². The van der Waals surface area contributed by atoms with Crippen molar-refractivity contribution in [2.75, 3.05) is 25.6 Å². The van der Waals surface area contributed by atoms with E-state index in [9.17, 15) is 10.1 Å². The van der Waals surface area contributed by atoms with Crippen molar-refractivity contribution >= 4 is 27.4 Å². The van der Waals surface area contributed by atoms with Gasteiger partial charge in [-0.2, -0.15) is 4.98 Å². The van der Waals surface area contributed by atoms with Gasteiger partial charge in [-0.3, -0.25) is 10.1 Å². The van der Waals surface area contributed by atoms with Crippen molar-refractivity contribution in [1.82, 2.24) is 4.98 Å².